The van der Waals surface area contributed by atoms with Crippen molar-refractivity contribution in [1.29, 1.82) is 0 Å². The van der Waals surface area contributed by atoms with Gasteiger partial charge >= 0.3 is 0 Å². The Kier molecular flexibility index (Phi) is 5.35. The highest BCUT2D eigenvalue weighted by molar-refractivity contribution is 6.04. The number of anilines is 1. The number of ether oxygens (including phenoxy) is 2. The van der Waals surface area contributed by atoms with Crippen molar-refractivity contribution in [1.82, 2.24) is 4.90 Å². The fourth-order valence-corrected chi connectivity index (χ4v) is 3.34. The van der Waals surface area contributed by atoms with Crippen LogP contribution in [0.4, 0.5) is 5.69 Å². The smallest absolute Gasteiger partial charge is 0.254 e. The molecule has 2 aromatic carbocycles. The van der Waals surface area contributed by atoms with E-state index in [-0.39, 0.29) is 11.8 Å². The number of aryl methyl sites for hydroxylation is 1. The molecule has 2 aromatic rings. The van der Waals surface area contributed by atoms with Crippen molar-refractivity contribution in [2.75, 3.05) is 32.2 Å². The van der Waals surface area contributed by atoms with Gasteiger partial charge in [0.05, 0.1) is 19.9 Å². The number of rotatable bonds is 4. The third kappa shape index (κ3) is 3.60. The molecular formula is C21H24N2O4. The lowest BCUT2D eigenvalue weighted by Crippen LogP contribution is -2.57. The highest BCUT2D eigenvalue weighted by Gasteiger charge is 2.36. The summed E-state index contributed by atoms with van der Waals surface area (Å²) < 4.78 is 10.6. The summed E-state index contributed by atoms with van der Waals surface area (Å²) >= 11 is 0. The maximum absolute atomic E-state index is 13.0. The second-order valence-corrected chi connectivity index (χ2v) is 6.57. The number of carbonyl (C=O) groups is 2. The molecular weight excluding hydrogens is 344 g/mol. The van der Waals surface area contributed by atoms with Crippen LogP contribution in [-0.4, -0.2) is 50.1 Å². The molecule has 0 N–H and O–H groups in total. The number of hydrogen-bond donors (Lipinski definition) is 0. The summed E-state index contributed by atoms with van der Waals surface area (Å²) in [5.41, 5.74) is 2.30. The molecule has 3 rings (SSSR count). The molecule has 1 unspecified atom stereocenters. The fourth-order valence-electron chi connectivity index (χ4n) is 3.34. The Morgan fingerprint density at radius 2 is 1.85 bits per heavy atom. The first-order chi connectivity index (χ1) is 13.0. The average molecular weight is 368 g/mol. The van der Waals surface area contributed by atoms with Gasteiger partial charge in [-0.3, -0.25) is 9.59 Å². The predicted octanol–water partition coefficient (Wildman–Crippen LogP) is 2.89. The van der Waals surface area contributed by atoms with Crippen molar-refractivity contribution in [3.05, 3.63) is 53.6 Å². The largest absolute Gasteiger partial charge is 0.497 e. The van der Waals surface area contributed by atoms with Crippen LogP contribution >= 0.6 is 0 Å². The molecule has 0 aromatic heterocycles. The van der Waals surface area contributed by atoms with E-state index >= 15 is 0 Å². The second kappa shape index (κ2) is 7.70. The van der Waals surface area contributed by atoms with Gasteiger partial charge in [-0.25, -0.2) is 0 Å². The normalized spacial score (nSPS) is 17.0. The standard InChI is InChI=1S/C21H24N2O4/c1-14-6-5-7-16(12-14)21(25)22-10-11-23(20(24)15(22)2)18-9-8-17(26-3)13-19(18)27-4/h5-9,12-13,15H,10-11H2,1-4H3. The summed E-state index contributed by atoms with van der Waals surface area (Å²) in [7, 11) is 3.14. The summed E-state index contributed by atoms with van der Waals surface area (Å²) in [6.07, 6.45) is 0. The van der Waals surface area contributed by atoms with E-state index in [0.29, 0.717) is 35.8 Å². The number of methoxy groups -OCH3 is 2. The molecule has 0 spiro atoms. The van der Waals surface area contributed by atoms with Gasteiger partial charge in [-0.2, -0.15) is 0 Å². The minimum Gasteiger partial charge on any atom is -0.497 e. The van der Waals surface area contributed by atoms with Crippen LogP contribution in [0.5, 0.6) is 11.5 Å². The average Bonchev–Trinajstić information content (AvgIpc) is 2.69. The topological polar surface area (TPSA) is 59.1 Å². The van der Waals surface area contributed by atoms with Crippen LogP contribution in [0.25, 0.3) is 0 Å². The van der Waals surface area contributed by atoms with Crippen molar-refractivity contribution < 1.29 is 19.1 Å². The van der Waals surface area contributed by atoms with Gasteiger partial charge in [0, 0.05) is 24.7 Å². The third-order valence-corrected chi connectivity index (χ3v) is 4.86. The highest BCUT2D eigenvalue weighted by atomic mass is 16.5. The Morgan fingerprint density at radius 1 is 1.07 bits per heavy atom. The Morgan fingerprint density at radius 3 is 2.52 bits per heavy atom. The van der Waals surface area contributed by atoms with Gasteiger partial charge in [0.2, 0.25) is 5.91 Å². The Balaban J connectivity index is 1.84. The number of benzene rings is 2. The van der Waals surface area contributed by atoms with Crippen molar-refractivity contribution in [3.8, 4) is 11.5 Å². The minimum atomic E-state index is -0.557. The lowest BCUT2D eigenvalue weighted by atomic mass is 10.1. The minimum absolute atomic E-state index is 0.124. The Hall–Kier alpha value is -3.02. The van der Waals surface area contributed by atoms with Crippen LogP contribution in [0.1, 0.15) is 22.8 Å². The van der Waals surface area contributed by atoms with E-state index < -0.39 is 6.04 Å². The van der Waals surface area contributed by atoms with Gasteiger partial charge in [0.1, 0.15) is 17.5 Å². The van der Waals surface area contributed by atoms with E-state index in [1.807, 2.05) is 25.1 Å². The van der Waals surface area contributed by atoms with Crippen LogP contribution in [0, 0.1) is 6.92 Å². The van der Waals surface area contributed by atoms with Crippen LogP contribution in [0.15, 0.2) is 42.5 Å². The van der Waals surface area contributed by atoms with E-state index in [1.54, 1.807) is 55.2 Å². The van der Waals surface area contributed by atoms with Gasteiger partial charge in [-0.05, 0) is 38.1 Å². The van der Waals surface area contributed by atoms with Crippen molar-refractivity contribution in [2.45, 2.75) is 19.9 Å². The summed E-state index contributed by atoms with van der Waals surface area (Å²) in [6, 6.07) is 12.2. The van der Waals surface area contributed by atoms with E-state index in [4.69, 9.17) is 9.47 Å². The molecule has 0 radical (unpaired) electrons. The van der Waals surface area contributed by atoms with Crippen LogP contribution < -0.4 is 14.4 Å². The van der Waals surface area contributed by atoms with E-state index in [9.17, 15) is 9.59 Å². The summed E-state index contributed by atoms with van der Waals surface area (Å²) in [6.45, 7) is 4.57. The molecule has 1 saturated heterocycles. The van der Waals surface area contributed by atoms with Crippen LogP contribution in [-0.2, 0) is 4.79 Å². The zero-order chi connectivity index (χ0) is 19.6. The Labute approximate surface area is 159 Å². The van der Waals surface area contributed by atoms with Crippen LogP contribution in [0.2, 0.25) is 0 Å². The van der Waals surface area contributed by atoms with Gasteiger partial charge in [0.25, 0.3) is 5.91 Å². The number of hydrogen-bond acceptors (Lipinski definition) is 4. The van der Waals surface area contributed by atoms with Crippen molar-refractivity contribution in [2.24, 2.45) is 0 Å². The summed E-state index contributed by atoms with van der Waals surface area (Å²) in [4.78, 5) is 29.2. The number of piperazine rings is 1. The fraction of sp³-hybridized carbons (Fsp3) is 0.333. The van der Waals surface area contributed by atoms with Crippen LogP contribution in [0.3, 0.4) is 0 Å². The van der Waals surface area contributed by atoms with Gasteiger partial charge in [0.15, 0.2) is 0 Å². The molecule has 0 aliphatic carbocycles. The first-order valence-electron chi connectivity index (χ1n) is 8.87. The molecule has 2 amide bonds. The SMILES string of the molecule is COc1ccc(N2CCN(C(=O)c3cccc(C)c3)C(C)C2=O)c(OC)c1. The zero-order valence-electron chi connectivity index (χ0n) is 16.1. The maximum atomic E-state index is 13.0. The summed E-state index contributed by atoms with van der Waals surface area (Å²) in [5, 5.41) is 0. The number of amides is 2. The Bertz CT molecular complexity index is 865. The zero-order valence-corrected chi connectivity index (χ0v) is 16.1. The van der Waals surface area contributed by atoms with E-state index in [1.165, 1.54) is 0 Å². The molecule has 6 nitrogen and oxygen atoms in total. The molecule has 1 heterocycles. The quantitative estimate of drug-likeness (QED) is 0.833. The third-order valence-electron chi connectivity index (χ3n) is 4.86. The molecule has 1 aliphatic heterocycles. The molecule has 6 heteroatoms. The monoisotopic (exact) mass is 368 g/mol. The first-order valence-corrected chi connectivity index (χ1v) is 8.87. The van der Waals surface area contributed by atoms with Gasteiger partial charge in [-0.15, -0.1) is 0 Å². The lowest BCUT2D eigenvalue weighted by Gasteiger charge is -2.39. The second-order valence-electron chi connectivity index (χ2n) is 6.57. The molecule has 1 atom stereocenters. The molecule has 1 fully saturated rings. The van der Waals surface area contributed by atoms with Crippen molar-refractivity contribution in [3.63, 3.8) is 0 Å². The number of nitrogens with zero attached hydrogens (tertiary/aromatic N) is 2. The molecule has 0 saturated carbocycles. The lowest BCUT2D eigenvalue weighted by molar-refractivity contribution is -0.124. The van der Waals surface area contributed by atoms with E-state index in [2.05, 4.69) is 0 Å². The van der Waals surface area contributed by atoms with Gasteiger partial charge in [-0.1, -0.05) is 17.7 Å². The first kappa shape index (κ1) is 18.8. The van der Waals surface area contributed by atoms with Gasteiger partial charge < -0.3 is 19.3 Å². The summed E-state index contributed by atoms with van der Waals surface area (Å²) in [5.74, 6) is 0.962. The molecule has 0 bridgehead atoms. The van der Waals surface area contributed by atoms with E-state index in [0.717, 1.165) is 5.56 Å². The van der Waals surface area contributed by atoms with Crippen molar-refractivity contribution >= 4 is 17.5 Å². The predicted molar refractivity (Wildman–Crippen MR) is 104 cm³/mol. The number of carbonyl (C=O) groups excluding carboxylic acids is 2. The molecule has 1 aliphatic rings. The molecule has 27 heavy (non-hydrogen) atoms. The molecule has 142 valence electrons. The maximum Gasteiger partial charge on any atom is 0.254 e. The highest BCUT2D eigenvalue weighted by Crippen LogP contribution is 2.34.